The van der Waals surface area contributed by atoms with Crippen LogP contribution < -0.4 is 10.1 Å². The molecule has 0 atom stereocenters. The van der Waals surface area contributed by atoms with Gasteiger partial charge in [-0.25, -0.2) is 4.39 Å². The van der Waals surface area contributed by atoms with E-state index < -0.39 is 5.82 Å². The van der Waals surface area contributed by atoms with Gasteiger partial charge in [0.2, 0.25) is 0 Å². The average molecular weight is 331 g/mol. The monoisotopic (exact) mass is 331 g/mol. The minimum absolute atomic E-state index is 0.0843. The maximum Gasteiger partial charge on any atom is 0.269 e. The summed E-state index contributed by atoms with van der Waals surface area (Å²) in [5, 5.41) is 6.83. The second-order valence-electron chi connectivity index (χ2n) is 5.41. The number of aromatic nitrogens is 2. The fraction of sp³-hybridized carbons (Fsp3) is 0.333. The molecule has 0 aliphatic carbocycles. The van der Waals surface area contributed by atoms with Crippen LogP contribution in [0.3, 0.4) is 0 Å². The minimum Gasteiger partial charge on any atom is -0.490 e. The van der Waals surface area contributed by atoms with Gasteiger partial charge < -0.3 is 10.1 Å². The van der Waals surface area contributed by atoms with Gasteiger partial charge >= 0.3 is 0 Å². The first kappa shape index (κ1) is 17.7. The summed E-state index contributed by atoms with van der Waals surface area (Å²) >= 11 is 0. The predicted octanol–water partition coefficient (Wildman–Crippen LogP) is 3.14. The summed E-state index contributed by atoms with van der Waals surface area (Å²) in [5.41, 5.74) is 1.57. The van der Waals surface area contributed by atoms with Crippen LogP contribution in [0.2, 0.25) is 0 Å². The van der Waals surface area contributed by atoms with Crippen molar-refractivity contribution in [3.63, 3.8) is 0 Å². The van der Waals surface area contributed by atoms with E-state index in [0.29, 0.717) is 17.9 Å². The molecule has 1 aromatic carbocycles. The Bertz CT molecular complexity index is 738. The van der Waals surface area contributed by atoms with Crippen molar-refractivity contribution in [1.82, 2.24) is 15.1 Å². The maximum absolute atomic E-state index is 14.4. The van der Waals surface area contributed by atoms with Gasteiger partial charge in [-0.05, 0) is 32.4 Å². The molecule has 2 aromatic rings. The van der Waals surface area contributed by atoms with Crippen molar-refractivity contribution in [2.24, 2.45) is 7.05 Å². The number of carbonyl (C=O) groups is 1. The molecule has 2 rings (SSSR count). The highest BCUT2D eigenvalue weighted by Crippen LogP contribution is 2.20. The van der Waals surface area contributed by atoms with E-state index in [1.54, 1.807) is 31.3 Å². The van der Waals surface area contributed by atoms with Crippen molar-refractivity contribution < 1.29 is 13.9 Å². The summed E-state index contributed by atoms with van der Waals surface area (Å²) in [4.78, 5) is 12.2. The van der Waals surface area contributed by atoms with E-state index in [1.165, 1.54) is 4.68 Å². The van der Waals surface area contributed by atoms with Crippen LogP contribution in [0.25, 0.3) is 0 Å². The first-order valence-corrected chi connectivity index (χ1v) is 7.83. The van der Waals surface area contributed by atoms with Crippen molar-refractivity contribution in [3.05, 3.63) is 59.2 Å². The predicted molar refractivity (Wildman–Crippen MR) is 90.4 cm³/mol. The lowest BCUT2D eigenvalue weighted by atomic mass is 10.2. The van der Waals surface area contributed by atoms with Crippen molar-refractivity contribution in [1.29, 1.82) is 0 Å². The lowest BCUT2D eigenvalue weighted by Gasteiger charge is -2.10. The van der Waals surface area contributed by atoms with E-state index in [4.69, 9.17) is 4.74 Å². The number of amides is 1. The third-order valence-electron chi connectivity index (χ3n) is 3.50. The quantitative estimate of drug-likeness (QED) is 0.626. The summed E-state index contributed by atoms with van der Waals surface area (Å²) in [5.74, 6) is -0.543. The Balaban J connectivity index is 1.99. The van der Waals surface area contributed by atoms with Crippen molar-refractivity contribution in [2.75, 3.05) is 6.61 Å². The van der Waals surface area contributed by atoms with Crippen LogP contribution in [0, 0.1) is 12.7 Å². The lowest BCUT2D eigenvalue weighted by Crippen LogP contribution is -2.25. The Hall–Kier alpha value is -2.63. The zero-order valence-corrected chi connectivity index (χ0v) is 14.2. The van der Waals surface area contributed by atoms with Crippen LogP contribution in [0.4, 0.5) is 4.39 Å². The smallest absolute Gasteiger partial charge is 0.269 e. The highest BCUT2D eigenvalue weighted by molar-refractivity contribution is 5.92. The number of nitrogens with zero attached hydrogens (tertiary/aromatic N) is 2. The second-order valence-corrected chi connectivity index (χ2v) is 5.41. The Morgan fingerprint density at radius 3 is 2.92 bits per heavy atom. The molecule has 0 spiro atoms. The number of halogens is 1. The summed E-state index contributed by atoms with van der Waals surface area (Å²) in [6, 6.07) is 6.61. The van der Waals surface area contributed by atoms with E-state index in [0.717, 1.165) is 12.1 Å². The first-order chi connectivity index (χ1) is 11.5. The molecule has 24 heavy (non-hydrogen) atoms. The molecule has 0 aliphatic heterocycles. The normalized spacial score (nSPS) is 11.0. The molecule has 0 saturated carbocycles. The number of benzene rings is 1. The molecule has 1 amide bonds. The van der Waals surface area contributed by atoms with E-state index in [2.05, 4.69) is 10.4 Å². The standard InChI is InChI=1S/C18H22FN3O2/c1-4-5-6-10-24-16-9-7-8-14(17(16)19)12-20-18(23)15-11-13(2)21-22(15)3/h4-5,7-9,11H,6,10,12H2,1-3H3,(H,20,23). The van der Waals surface area contributed by atoms with E-state index in [1.807, 2.05) is 26.0 Å². The van der Waals surface area contributed by atoms with Gasteiger partial charge in [-0.15, -0.1) is 0 Å². The molecule has 6 heteroatoms. The fourth-order valence-corrected chi connectivity index (χ4v) is 2.30. The molecule has 1 aromatic heterocycles. The van der Waals surface area contributed by atoms with E-state index in [9.17, 15) is 9.18 Å². The molecular formula is C18H22FN3O2. The number of nitrogens with one attached hydrogen (secondary N) is 1. The van der Waals surface area contributed by atoms with Gasteiger partial charge in [0.05, 0.1) is 12.3 Å². The molecule has 0 bridgehead atoms. The number of hydrogen-bond acceptors (Lipinski definition) is 3. The molecule has 1 N–H and O–H groups in total. The Morgan fingerprint density at radius 2 is 2.25 bits per heavy atom. The molecular weight excluding hydrogens is 309 g/mol. The molecule has 0 fully saturated rings. The highest BCUT2D eigenvalue weighted by Gasteiger charge is 2.14. The SMILES string of the molecule is CC=CCCOc1cccc(CNC(=O)c2cc(C)nn2C)c1F. The topological polar surface area (TPSA) is 56.1 Å². The van der Waals surface area contributed by atoms with Crippen LogP contribution >= 0.6 is 0 Å². The number of hydrogen-bond donors (Lipinski definition) is 1. The van der Waals surface area contributed by atoms with Gasteiger partial charge in [0.15, 0.2) is 11.6 Å². The fourth-order valence-electron chi connectivity index (χ4n) is 2.30. The third kappa shape index (κ3) is 4.44. The van der Waals surface area contributed by atoms with Gasteiger partial charge in [0, 0.05) is 19.2 Å². The maximum atomic E-state index is 14.4. The molecule has 0 aliphatic rings. The third-order valence-corrected chi connectivity index (χ3v) is 3.50. The summed E-state index contributed by atoms with van der Waals surface area (Å²) in [7, 11) is 1.70. The molecule has 0 radical (unpaired) electrons. The van der Waals surface area contributed by atoms with Crippen molar-refractivity contribution in [3.8, 4) is 5.75 Å². The number of carbonyl (C=O) groups excluding carboxylic acids is 1. The summed E-state index contributed by atoms with van der Waals surface area (Å²) in [6.07, 6.45) is 4.60. The van der Waals surface area contributed by atoms with Crippen LogP contribution in [0.15, 0.2) is 36.4 Å². The molecule has 128 valence electrons. The summed E-state index contributed by atoms with van der Waals surface area (Å²) < 4.78 is 21.3. The number of aryl methyl sites for hydroxylation is 2. The summed E-state index contributed by atoms with van der Waals surface area (Å²) in [6.45, 7) is 4.23. The zero-order chi connectivity index (χ0) is 17.5. The van der Waals surface area contributed by atoms with E-state index >= 15 is 0 Å². The van der Waals surface area contributed by atoms with Gasteiger partial charge in [-0.2, -0.15) is 5.10 Å². The van der Waals surface area contributed by atoms with Crippen LogP contribution in [0.1, 0.15) is 35.1 Å². The van der Waals surface area contributed by atoms with Gasteiger partial charge in [0.25, 0.3) is 5.91 Å². The molecule has 0 saturated heterocycles. The Morgan fingerprint density at radius 1 is 1.46 bits per heavy atom. The zero-order valence-electron chi connectivity index (χ0n) is 14.2. The van der Waals surface area contributed by atoms with Crippen LogP contribution in [-0.2, 0) is 13.6 Å². The van der Waals surface area contributed by atoms with Gasteiger partial charge in [0.1, 0.15) is 5.69 Å². The van der Waals surface area contributed by atoms with Crippen LogP contribution in [-0.4, -0.2) is 22.3 Å². The Labute approximate surface area is 141 Å². The average Bonchev–Trinajstić information content (AvgIpc) is 2.90. The minimum atomic E-state index is -0.445. The number of allylic oxidation sites excluding steroid dienone is 1. The Kier molecular flexibility index (Phi) is 6.12. The molecule has 0 unspecified atom stereocenters. The van der Waals surface area contributed by atoms with Gasteiger partial charge in [-0.3, -0.25) is 9.48 Å². The van der Waals surface area contributed by atoms with E-state index in [-0.39, 0.29) is 18.2 Å². The largest absolute Gasteiger partial charge is 0.490 e. The molecule has 5 nitrogen and oxygen atoms in total. The second kappa shape index (κ2) is 8.29. The molecule has 1 heterocycles. The van der Waals surface area contributed by atoms with Crippen molar-refractivity contribution in [2.45, 2.75) is 26.8 Å². The van der Waals surface area contributed by atoms with Gasteiger partial charge in [-0.1, -0.05) is 24.3 Å². The number of rotatable bonds is 7. The first-order valence-electron chi connectivity index (χ1n) is 7.83. The number of ether oxygens (including phenoxy) is 1. The van der Waals surface area contributed by atoms with Crippen LogP contribution in [0.5, 0.6) is 5.75 Å². The van der Waals surface area contributed by atoms with Crippen molar-refractivity contribution >= 4 is 5.91 Å². The highest BCUT2D eigenvalue weighted by atomic mass is 19.1. The lowest BCUT2D eigenvalue weighted by molar-refractivity contribution is 0.0941.